The van der Waals surface area contributed by atoms with Gasteiger partial charge in [-0.25, -0.2) is 0 Å². The van der Waals surface area contributed by atoms with E-state index in [-0.39, 0.29) is 11.9 Å². The van der Waals surface area contributed by atoms with Crippen molar-refractivity contribution in [2.24, 2.45) is 0 Å². The summed E-state index contributed by atoms with van der Waals surface area (Å²) in [4.78, 5) is 22.5. The summed E-state index contributed by atoms with van der Waals surface area (Å²) in [5.41, 5.74) is 1.59. The molecule has 1 saturated carbocycles. The van der Waals surface area contributed by atoms with E-state index in [2.05, 4.69) is 22.0 Å². The van der Waals surface area contributed by atoms with Gasteiger partial charge in [0.2, 0.25) is 17.6 Å². The lowest BCUT2D eigenvalue weighted by molar-refractivity contribution is -0.143. The highest BCUT2D eigenvalue weighted by atomic mass is 35.5. The third kappa shape index (κ3) is 3.82. The molecule has 1 amide bonds. The minimum Gasteiger partial charge on any atom is -0.339 e. The van der Waals surface area contributed by atoms with Gasteiger partial charge in [0.1, 0.15) is 0 Å². The molecule has 1 aliphatic carbocycles. The molecule has 1 aliphatic heterocycles. The van der Waals surface area contributed by atoms with Gasteiger partial charge in [-0.1, -0.05) is 65.6 Å². The number of amides is 1. The molecule has 1 unspecified atom stereocenters. The van der Waals surface area contributed by atoms with Crippen molar-refractivity contribution in [3.63, 3.8) is 0 Å². The van der Waals surface area contributed by atoms with E-state index in [1.165, 1.54) is 0 Å². The molecule has 0 bridgehead atoms. The summed E-state index contributed by atoms with van der Waals surface area (Å²) >= 11 is 6.22. The minimum absolute atomic E-state index is 0.00260. The van der Waals surface area contributed by atoms with Gasteiger partial charge in [-0.15, -0.1) is 0 Å². The quantitative estimate of drug-likeness (QED) is 0.563. The van der Waals surface area contributed by atoms with E-state index in [0.717, 1.165) is 43.5 Å². The molecule has 0 N–H and O–H groups in total. The lowest BCUT2D eigenvalue weighted by Crippen LogP contribution is -2.56. The Morgan fingerprint density at radius 3 is 2.47 bits per heavy atom. The highest BCUT2D eigenvalue weighted by Crippen LogP contribution is 2.46. The fraction of sp³-hybridized carbons (Fsp3) is 0.400. The van der Waals surface area contributed by atoms with Gasteiger partial charge in [0, 0.05) is 36.8 Å². The van der Waals surface area contributed by atoms with Crippen molar-refractivity contribution in [1.29, 1.82) is 0 Å². The van der Waals surface area contributed by atoms with Crippen molar-refractivity contribution in [2.45, 2.75) is 37.6 Å². The molecule has 32 heavy (non-hydrogen) atoms. The van der Waals surface area contributed by atoms with Crippen LogP contribution in [0.25, 0.3) is 11.4 Å². The van der Waals surface area contributed by atoms with Gasteiger partial charge in [0.25, 0.3) is 0 Å². The maximum absolute atomic E-state index is 13.5. The number of hydrogen-bond donors (Lipinski definition) is 0. The van der Waals surface area contributed by atoms with Gasteiger partial charge < -0.3 is 9.42 Å². The maximum atomic E-state index is 13.5. The van der Waals surface area contributed by atoms with Crippen molar-refractivity contribution < 1.29 is 9.32 Å². The van der Waals surface area contributed by atoms with E-state index in [0.29, 0.717) is 29.8 Å². The number of piperazine rings is 1. The predicted molar refractivity (Wildman–Crippen MR) is 123 cm³/mol. The number of benzene rings is 2. The fourth-order valence-electron chi connectivity index (χ4n) is 4.82. The van der Waals surface area contributed by atoms with Crippen LogP contribution in [-0.2, 0) is 10.2 Å². The summed E-state index contributed by atoms with van der Waals surface area (Å²) in [6.07, 6.45) is 2.87. The molecule has 166 valence electrons. The third-order valence-electron chi connectivity index (χ3n) is 6.97. The normalized spacial score (nSPS) is 19.4. The SMILES string of the molecule is CC(c1nc(-c2ccccc2)no1)N1CCN(C(=O)C2(c3cccc(Cl)c3)CCC2)CC1. The smallest absolute Gasteiger partial charge is 0.244 e. The molecule has 2 aliphatic rings. The molecule has 2 aromatic carbocycles. The average Bonchev–Trinajstić information content (AvgIpc) is 3.29. The average molecular weight is 451 g/mol. The van der Waals surface area contributed by atoms with Crippen LogP contribution in [0.2, 0.25) is 5.02 Å². The molecule has 3 aromatic rings. The first-order chi connectivity index (χ1) is 15.6. The third-order valence-corrected chi connectivity index (χ3v) is 7.21. The monoisotopic (exact) mass is 450 g/mol. The van der Waals surface area contributed by atoms with E-state index in [4.69, 9.17) is 16.1 Å². The molecule has 1 atom stereocenters. The standard InChI is InChI=1S/C25H27ClN4O2/c1-18(23-27-22(28-32-23)19-7-3-2-4-8-19)29-13-15-30(16-14-29)24(31)25(11-6-12-25)20-9-5-10-21(26)17-20/h2-5,7-10,17-18H,6,11-16H2,1H3. The molecule has 5 rings (SSSR count). The zero-order chi connectivity index (χ0) is 22.1. The van der Waals surface area contributed by atoms with Crippen molar-refractivity contribution in [3.8, 4) is 11.4 Å². The molecular formula is C25H27ClN4O2. The Morgan fingerprint density at radius 1 is 1.06 bits per heavy atom. The highest BCUT2D eigenvalue weighted by molar-refractivity contribution is 6.30. The molecule has 1 aromatic heterocycles. The summed E-state index contributed by atoms with van der Waals surface area (Å²) in [5.74, 6) is 1.45. The molecule has 7 heteroatoms. The molecule has 2 heterocycles. The zero-order valence-corrected chi connectivity index (χ0v) is 19.0. The highest BCUT2D eigenvalue weighted by Gasteiger charge is 2.48. The van der Waals surface area contributed by atoms with E-state index >= 15 is 0 Å². The Hall–Kier alpha value is -2.70. The first-order valence-corrected chi connectivity index (χ1v) is 11.6. The van der Waals surface area contributed by atoms with E-state index in [1.807, 2.05) is 59.5 Å². The lowest BCUT2D eigenvalue weighted by Gasteiger charge is -2.46. The summed E-state index contributed by atoms with van der Waals surface area (Å²) in [6, 6.07) is 17.6. The first-order valence-electron chi connectivity index (χ1n) is 11.3. The second-order valence-corrected chi connectivity index (χ2v) is 9.21. The second-order valence-electron chi connectivity index (χ2n) is 8.77. The van der Waals surface area contributed by atoms with Crippen LogP contribution in [0.4, 0.5) is 0 Å². The molecule has 6 nitrogen and oxygen atoms in total. The number of nitrogens with zero attached hydrogens (tertiary/aromatic N) is 4. The number of carbonyl (C=O) groups is 1. The van der Waals surface area contributed by atoms with Crippen LogP contribution < -0.4 is 0 Å². The predicted octanol–water partition coefficient (Wildman–Crippen LogP) is 4.72. The number of rotatable bonds is 5. The van der Waals surface area contributed by atoms with Gasteiger partial charge in [0.05, 0.1) is 11.5 Å². The molecular weight excluding hydrogens is 424 g/mol. The van der Waals surface area contributed by atoms with Crippen LogP contribution in [0.3, 0.4) is 0 Å². The van der Waals surface area contributed by atoms with Crippen LogP contribution in [0, 0.1) is 0 Å². The van der Waals surface area contributed by atoms with Gasteiger partial charge in [0.15, 0.2) is 0 Å². The van der Waals surface area contributed by atoms with Crippen LogP contribution in [0.15, 0.2) is 59.1 Å². The van der Waals surface area contributed by atoms with Gasteiger partial charge >= 0.3 is 0 Å². The molecule has 0 spiro atoms. The van der Waals surface area contributed by atoms with E-state index in [1.54, 1.807) is 0 Å². The summed E-state index contributed by atoms with van der Waals surface area (Å²) in [5, 5.41) is 4.84. The van der Waals surface area contributed by atoms with Crippen LogP contribution >= 0.6 is 11.6 Å². The zero-order valence-electron chi connectivity index (χ0n) is 18.2. The summed E-state index contributed by atoms with van der Waals surface area (Å²) in [6.45, 7) is 5.04. The van der Waals surface area contributed by atoms with Gasteiger partial charge in [-0.3, -0.25) is 9.69 Å². The van der Waals surface area contributed by atoms with Crippen molar-refractivity contribution in [3.05, 3.63) is 71.1 Å². The molecule has 0 radical (unpaired) electrons. The van der Waals surface area contributed by atoms with E-state index < -0.39 is 5.41 Å². The largest absolute Gasteiger partial charge is 0.339 e. The Morgan fingerprint density at radius 2 is 1.81 bits per heavy atom. The molecule has 1 saturated heterocycles. The van der Waals surface area contributed by atoms with Crippen molar-refractivity contribution in [2.75, 3.05) is 26.2 Å². The topological polar surface area (TPSA) is 62.5 Å². The van der Waals surface area contributed by atoms with Crippen molar-refractivity contribution in [1.82, 2.24) is 19.9 Å². The van der Waals surface area contributed by atoms with Crippen molar-refractivity contribution >= 4 is 17.5 Å². The minimum atomic E-state index is -0.407. The van der Waals surface area contributed by atoms with Gasteiger partial charge in [-0.2, -0.15) is 4.98 Å². The first kappa shape index (κ1) is 21.2. The fourth-order valence-corrected chi connectivity index (χ4v) is 5.01. The van der Waals surface area contributed by atoms with E-state index in [9.17, 15) is 4.79 Å². The number of halogens is 1. The molecule has 2 fully saturated rings. The number of aromatic nitrogens is 2. The Kier molecular flexibility index (Phi) is 5.74. The number of carbonyl (C=O) groups excluding carboxylic acids is 1. The van der Waals surface area contributed by atoms with Crippen LogP contribution in [0.1, 0.15) is 43.7 Å². The summed E-state index contributed by atoms with van der Waals surface area (Å²) < 4.78 is 5.56. The maximum Gasteiger partial charge on any atom is 0.244 e. The Bertz CT molecular complexity index is 1090. The lowest BCUT2D eigenvalue weighted by atomic mass is 9.63. The van der Waals surface area contributed by atoms with Gasteiger partial charge in [-0.05, 0) is 37.5 Å². The Labute approximate surface area is 193 Å². The summed E-state index contributed by atoms with van der Waals surface area (Å²) in [7, 11) is 0. The second kappa shape index (κ2) is 8.68. The number of hydrogen-bond acceptors (Lipinski definition) is 5. The Balaban J connectivity index is 1.24. The van der Waals surface area contributed by atoms with Crippen LogP contribution in [-0.4, -0.2) is 52.0 Å². The van der Waals surface area contributed by atoms with Crippen LogP contribution in [0.5, 0.6) is 0 Å².